The van der Waals surface area contributed by atoms with Gasteiger partial charge in [-0.1, -0.05) is 25.5 Å². The first-order chi connectivity index (χ1) is 8.79. The van der Waals surface area contributed by atoms with Crippen molar-refractivity contribution < 1.29 is 4.79 Å². The summed E-state index contributed by atoms with van der Waals surface area (Å²) in [7, 11) is 0. The maximum Gasteiger partial charge on any atom is 0.321 e. The molecule has 0 aliphatic carbocycles. The summed E-state index contributed by atoms with van der Waals surface area (Å²) in [6.45, 7) is 3.95. The Kier molecular flexibility index (Phi) is 4.62. The van der Waals surface area contributed by atoms with Crippen LogP contribution in [0, 0.1) is 0 Å². The molecule has 2 rings (SSSR count). The van der Waals surface area contributed by atoms with Gasteiger partial charge in [0.05, 0.1) is 0 Å². The lowest BCUT2D eigenvalue weighted by atomic mass is 10.1. The van der Waals surface area contributed by atoms with E-state index in [0.717, 1.165) is 44.5 Å². The molecule has 0 saturated carbocycles. The lowest BCUT2D eigenvalue weighted by molar-refractivity contribution is 0.200. The number of nitrogens with one attached hydrogen (secondary N) is 1. The monoisotopic (exact) mass is 246 g/mol. The number of hydrogen-bond acceptors (Lipinski definition) is 1. The van der Waals surface area contributed by atoms with Gasteiger partial charge in [-0.15, -0.1) is 0 Å². The predicted molar refractivity (Wildman–Crippen MR) is 74.9 cm³/mol. The quantitative estimate of drug-likeness (QED) is 0.867. The molecule has 0 atom stereocenters. The van der Waals surface area contributed by atoms with E-state index in [4.69, 9.17) is 0 Å². The Hall–Kier alpha value is -1.51. The zero-order chi connectivity index (χ0) is 12.8. The van der Waals surface area contributed by atoms with Crippen LogP contribution < -0.4 is 5.32 Å². The van der Waals surface area contributed by atoms with Crippen LogP contribution in [-0.4, -0.2) is 24.0 Å². The van der Waals surface area contributed by atoms with Gasteiger partial charge in [-0.05, 0) is 43.4 Å². The average Bonchev–Trinajstić information content (AvgIpc) is 2.42. The van der Waals surface area contributed by atoms with Gasteiger partial charge >= 0.3 is 6.03 Å². The van der Waals surface area contributed by atoms with E-state index in [2.05, 4.69) is 24.4 Å². The van der Waals surface area contributed by atoms with Crippen molar-refractivity contribution in [2.24, 2.45) is 0 Å². The summed E-state index contributed by atoms with van der Waals surface area (Å²) in [5.41, 5.74) is 2.22. The number of rotatable bonds is 3. The van der Waals surface area contributed by atoms with E-state index in [1.807, 2.05) is 17.0 Å². The van der Waals surface area contributed by atoms with Crippen molar-refractivity contribution in [2.45, 2.75) is 39.0 Å². The van der Waals surface area contributed by atoms with Gasteiger partial charge in [0.2, 0.25) is 0 Å². The number of hydrogen-bond donors (Lipinski definition) is 1. The van der Waals surface area contributed by atoms with Crippen molar-refractivity contribution >= 4 is 11.7 Å². The number of benzene rings is 1. The largest absolute Gasteiger partial charge is 0.325 e. The number of amides is 2. The molecule has 0 radical (unpaired) electrons. The molecule has 3 nitrogen and oxygen atoms in total. The minimum absolute atomic E-state index is 0.0398. The van der Waals surface area contributed by atoms with Gasteiger partial charge in [-0.3, -0.25) is 0 Å². The number of nitrogens with zero attached hydrogens (tertiary/aromatic N) is 1. The van der Waals surface area contributed by atoms with Crippen molar-refractivity contribution in [1.29, 1.82) is 0 Å². The molecule has 1 saturated heterocycles. The normalized spacial score (nSPS) is 15.5. The number of piperidine rings is 1. The Balaban J connectivity index is 1.89. The molecule has 1 aliphatic heterocycles. The minimum Gasteiger partial charge on any atom is -0.325 e. The highest BCUT2D eigenvalue weighted by Gasteiger charge is 2.15. The zero-order valence-electron chi connectivity index (χ0n) is 11.1. The van der Waals surface area contributed by atoms with Crippen LogP contribution >= 0.6 is 0 Å². The van der Waals surface area contributed by atoms with Crippen molar-refractivity contribution in [3.05, 3.63) is 29.8 Å². The lowest BCUT2D eigenvalue weighted by Crippen LogP contribution is -2.38. The second kappa shape index (κ2) is 6.43. The minimum atomic E-state index is 0.0398. The average molecular weight is 246 g/mol. The van der Waals surface area contributed by atoms with Crippen LogP contribution in [0.5, 0.6) is 0 Å². The molecule has 98 valence electrons. The third-order valence-corrected chi connectivity index (χ3v) is 3.39. The Morgan fingerprint density at radius 2 is 1.83 bits per heavy atom. The van der Waals surface area contributed by atoms with Crippen molar-refractivity contribution in [3.8, 4) is 0 Å². The topological polar surface area (TPSA) is 32.3 Å². The molecule has 18 heavy (non-hydrogen) atoms. The van der Waals surface area contributed by atoms with Gasteiger partial charge in [-0.2, -0.15) is 0 Å². The fraction of sp³-hybridized carbons (Fsp3) is 0.533. The van der Waals surface area contributed by atoms with E-state index in [-0.39, 0.29) is 6.03 Å². The van der Waals surface area contributed by atoms with Crippen molar-refractivity contribution in [2.75, 3.05) is 18.4 Å². The third-order valence-electron chi connectivity index (χ3n) is 3.39. The van der Waals surface area contributed by atoms with E-state index in [1.54, 1.807) is 0 Å². The fourth-order valence-corrected chi connectivity index (χ4v) is 2.34. The van der Waals surface area contributed by atoms with E-state index < -0.39 is 0 Å². The first kappa shape index (κ1) is 12.9. The molecule has 0 unspecified atom stereocenters. The van der Waals surface area contributed by atoms with E-state index in [0.29, 0.717) is 0 Å². The number of carbonyl (C=O) groups is 1. The van der Waals surface area contributed by atoms with Crippen LogP contribution in [0.25, 0.3) is 0 Å². The van der Waals surface area contributed by atoms with Gasteiger partial charge in [-0.25, -0.2) is 4.79 Å². The molecule has 3 heteroatoms. The summed E-state index contributed by atoms with van der Waals surface area (Å²) in [6.07, 6.45) is 5.75. The van der Waals surface area contributed by atoms with Crippen LogP contribution in [-0.2, 0) is 6.42 Å². The van der Waals surface area contributed by atoms with Crippen LogP contribution in [0.3, 0.4) is 0 Å². The summed E-state index contributed by atoms with van der Waals surface area (Å²) in [4.78, 5) is 13.9. The Labute approximate surface area is 109 Å². The van der Waals surface area contributed by atoms with E-state index in [9.17, 15) is 4.79 Å². The lowest BCUT2D eigenvalue weighted by Gasteiger charge is -2.26. The van der Waals surface area contributed by atoms with Gasteiger partial charge in [0.25, 0.3) is 0 Å². The van der Waals surface area contributed by atoms with Gasteiger partial charge < -0.3 is 10.2 Å². The van der Waals surface area contributed by atoms with Crippen LogP contribution in [0.2, 0.25) is 0 Å². The van der Waals surface area contributed by atoms with Gasteiger partial charge in [0, 0.05) is 18.8 Å². The number of anilines is 1. The summed E-state index contributed by atoms with van der Waals surface area (Å²) >= 11 is 0. The van der Waals surface area contributed by atoms with E-state index in [1.165, 1.54) is 12.0 Å². The Morgan fingerprint density at radius 1 is 1.17 bits per heavy atom. The number of carbonyl (C=O) groups excluding carboxylic acids is 1. The molecule has 1 aromatic carbocycles. The molecule has 0 aromatic heterocycles. The highest BCUT2D eigenvalue weighted by molar-refractivity contribution is 5.89. The highest BCUT2D eigenvalue weighted by Crippen LogP contribution is 2.14. The summed E-state index contributed by atoms with van der Waals surface area (Å²) in [5.74, 6) is 0. The molecule has 0 spiro atoms. The second-order valence-corrected chi connectivity index (χ2v) is 4.92. The first-order valence-electron chi connectivity index (χ1n) is 6.94. The molecule has 1 aromatic rings. The highest BCUT2D eigenvalue weighted by atomic mass is 16.2. The van der Waals surface area contributed by atoms with Crippen molar-refractivity contribution in [1.82, 2.24) is 4.90 Å². The Morgan fingerprint density at radius 3 is 2.44 bits per heavy atom. The predicted octanol–water partition coefficient (Wildman–Crippen LogP) is 3.66. The third kappa shape index (κ3) is 3.49. The van der Waals surface area contributed by atoms with Crippen LogP contribution in [0.1, 0.15) is 38.2 Å². The maximum atomic E-state index is 12.0. The van der Waals surface area contributed by atoms with Crippen LogP contribution in [0.15, 0.2) is 24.3 Å². The summed E-state index contributed by atoms with van der Waals surface area (Å²) in [6, 6.07) is 8.21. The van der Waals surface area contributed by atoms with E-state index >= 15 is 0 Å². The molecule has 1 fully saturated rings. The molecule has 2 amide bonds. The zero-order valence-corrected chi connectivity index (χ0v) is 11.1. The smallest absolute Gasteiger partial charge is 0.321 e. The second-order valence-electron chi connectivity index (χ2n) is 4.92. The first-order valence-corrected chi connectivity index (χ1v) is 6.94. The summed E-state index contributed by atoms with van der Waals surface area (Å²) < 4.78 is 0. The molecule has 1 aliphatic rings. The van der Waals surface area contributed by atoms with Gasteiger partial charge in [0.15, 0.2) is 0 Å². The van der Waals surface area contributed by atoms with Gasteiger partial charge in [0.1, 0.15) is 0 Å². The molecule has 0 bridgehead atoms. The summed E-state index contributed by atoms with van der Waals surface area (Å²) in [5, 5.41) is 2.97. The van der Waals surface area contributed by atoms with Crippen LogP contribution in [0.4, 0.5) is 10.5 Å². The number of likely N-dealkylation sites (tertiary alicyclic amines) is 1. The molecule has 1 heterocycles. The number of urea groups is 1. The molecular formula is C15H22N2O. The maximum absolute atomic E-state index is 12.0. The van der Waals surface area contributed by atoms with Crippen molar-refractivity contribution in [3.63, 3.8) is 0 Å². The SMILES string of the molecule is CCCc1ccc(NC(=O)N2CCCCC2)cc1. The molecule has 1 N–H and O–H groups in total. The molecular weight excluding hydrogens is 224 g/mol. The number of aryl methyl sites for hydroxylation is 1. The standard InChI is InChI=1S/C15H22N2O/c1-2-6-13-7-9-14(10-8-13)16-15(18)17-11-4-3-5-12-17/h7-10H,2-6,11-12H2,1H3,(H,16,18). The fourth-order valence-electron chi connectivity index (χ4n) is 2.34. The Bertz CT molecular complexity index is 380.